The SMILES string of the molecule is CCC1COCCN1c1cc(CO)nc(Cl)n1. The van der Waals surface area contributed by atoms with E-state index in [4.69, 9.17) is 21.4 Å². The summed E-state index contributed by atoms with van der Waals surface area (Å²) in [6.07, 6.45) is 0.982. The third kappa shape index (κ3) is 2.86. The van der Waals surface area contributed by atoms with Gasteiger partial charge in [-0.3, -0.25) is 0 Å². The summed E-state index contributed by atoms with van der Waals surface area (Å²) in [6.45, 7) is 4.16. The summed E-state index contributed by atoms with van der Waals surface area (Å²) in [5, 5.41) is 9.29. The molecular formula is C11H16ClN3O2. The van der Waals surface area contributed by atoms with Gasteiger partial charge in [0.15, 0.2) is 0 Å². The lowest BCUT2D eigenvalue weighted by molar-refractivity contribution is 0.0925. The number of anilines is 1. The minimum Gasteiger partial charge on any atom is -0.390 e. The van der Waals surface area contributed by atoms with Crippen molar-refractivity contribution in [2.45, 2.75) is 26.0 Å². The Balaban J connectivity index is 2.27. The molecule has 1 atom stereocenters. The highest BCUT2D eigenvalue weighted by atomic mass is 35.5. The summed E-state index contributed by atoms with van der Waals surface area (Å²) in [5.74, 6) is 0.768. The van der Waals surface area contributed by atoms with E-state index in [1.807, 2.05) is 0 Å². The fourth-order valence-corrected chi connectivity index (χ4v) is 2.17. The largest absolute Gasteiger partial charge is 0.390 e. The summed E-state index contributed by atoms with van der Waals surface area (Å²) >= 11 is 5.85. The molecule has 0 radical (unpaired) electrons. The Morgan fingerprint density at radius 3 is 3.12 bits per heavy atom. The van der Waals surface area contributed by atoms with Crippen LogP contribution in [0.15, 0.2) is 6.07 Å². The zero-order valence-corrected chi connectivity index (χ0v) is 10.5. The number of aliphatic hydroxyl groups is 1. The van der Waals surface area contributed by atoms with Crippen molar-refractivity contribution in [1.82, 2.24) is 9.97 Å². The van der Waals surface area contributed by atoms with E-state index in [9.17, 15) is 0 Å². The highest BCUT2D eigenvalue weighted by Gasteiger charge is 2.23. The number of aliphatic hydroxyl groups excluding tert-OH is 1. The van der Waals surface area contributed by atoms with Crippen LogP contribution in [0.4, 0.5) is 5.82 Å². The van der Waals surface area contributed by atoms with E-state index in [0.717, 1.165) is 18.8 Å². The zero-order chi connectivity index (χ0) is 12.3. The molecule has 0 amide bonds. The van der Waals surface area contributed by atoms with E-state index < -0.39 is 0 Å². The summed E-state index contributed by atoms with van der Waals surface area (Å²) < 4.78 is 5.44. The molecule has 1 aromatic rings. The van der Waals surface area contributed by atoms with Gasteiger partial charge in [-0.1, -0.05) is 6.92 Å². The Labute approximate surface area is 105 Å². The maximum absolute atomic E-state index is 9.12. The molecule has 0 spiro atoms. The van der Waals surface area contributed by atoms with E-state index >= 15 is 0 Å². The smallest absolute Gasteiger partial charge is 0.224 e. The van der Waals surface area contributed by atoms with Crippen LogP contribution in [0.25, 0.3) is 0 Å². The van der Waals surface area contributed by atoms with Crippen LogP contribution >= 0.6 is 11.6 Å². The first-order valence-corrected chi connectivity index (χ1v) is 6.11. The number of ether oxygens (including phenoxy) is 1. The number of hydrogen-bond donors (Lipinski definition) is 1. The molecule has 1 saturated heterocycles. The molecule has 5 nitrogen and oxygen atoms in total. The standard InChI is InChI=1S/C11H16ClN3O2/c1-2-9-7-17-4-3-15(9)10-5-8(6-16)13-11(12)14-10/h5,9,16H,2-4,6-7H2,1H3. The fourth-order valence-electron chi connectivity index (χ4n) is 1.97. The van der Waals surface area contributed by atoms with Gasteiger partial charge in [0, 0.05) is 12.6 Å². The second-order valence-electron chi connectivity index (χ2n) is 3.98. The molecule has 0 bridgehead atoms. The number of halogens is 1. The van der Waals surface area contributed by atoms with Gasteiger partial charge in [0.25, 0.3) is 0 Å². The lowest BCUT2D eigenvalue weighted by atomic mass is 10.2. The lowest BCUT2D eigenvalue weighted by Gasteiger charge is -2.36. The Bertz CT molecular complexity index is 389. The van der Waals surface area contributed by atoms with Crippen molar-refractivity contribution in [2.75, 3.05) is 24.7 Å². The number of aromatic nitrogens is 2. The summed E-state index contributed by atoms with van der Waals surface area (Å²) in [6, 6.07) is 2.08. The van der Waals surface area contributed by atoms with Gasteiger partial charge in [0.1, 0.15) is 5.82 Å². The van der Waals surface area contributed by atoms with Crippen molar-refractivity contribution in [2.24, 2.45) is 0 Å². The molecule has 1 fully saturated rings. The summed E-state index contributed by atoms with van der Waals surface area (Å²) in [5.41, 5.74) is 0.543. The number of nitrogens with zero attached hydrogens (tertiary/aromatic N) is 3. The first-order chi connectivity index (χ1) is 8.24. The van der Waals surface area contributed by atoms with Crippen molar-refractivity contribution in [3.8, 4) is 0 Å². The van der Waals surface area contributed by atoms with Gasteiger partial charge in [-0.05, 0) is 18.0 Å². The molecule has 94 valence electrons. The maximum Gasteiger partial charge on any atom is 0.224 e. The second-order valence-corrected chi connectivity index (χ2v) is 4.31. The Morgan fingerprint density at radius 2 is 2.41 bits per heavy atom. The molecule has 17 heavy (non-hydrogen) atoms. The summed E-state index contributed by atoms with van der Waals surface area (Å²) in [7, 11) is 0. The predicted octanol–water partition coefficient (Wildman–Crippen LogP) is 1.24. The third-order valence-electron chi connectivity index (χ3n) is 2.89. The average Bonchev–Trinajstić information content (AvgIpc) is 2.37. The molecule has 0 aliphatic carbocycles. The van der Waals surface area contributed by atoms with E-state index in [2.05, 4.69) is 21.8 Å². The molecule has 2 rings (SSSR count). The van der Waals surface area contributed by atoms with Gasteiger partial charge < -0.3 is 14.7 Å². The van der Waals surface area contributed by atoms with Gasteiger partial charge in [-0.15, -0.1) is 0 Å². The van der Waals surface area contributed by atoms with E-state index in [1.165, 1.54) is 0 Å². The maximum atomic E-state index is 9.12. The molecule has 1 unspecified atom stereocenters. The zero-order valence-electron chi connectivity index (χ0n) is 9.77. The normalized spacial score (nSPS) is 20.6. The molecule has 1 aliphatic heterocycles. The first-order valence-electron chi connectivity index (χ1n) is 5.73. The van der Waals surface area contributed by atoms with Crippen LogP contribution in [-0.2, 0) is 11.3 Å². The molecule has 1 aromatic heterocycles. The van der Waals surface area contributed by atoms with Crippen molar-refractivity contribution < 1.29 is 9.84 Å². The van der Waals surface area contributed by atoms with Crippen molar-refractivity contribution >= 4 is 17.4 Å². The monoisotopic (exact) mass is 257 g/mol. The number of hydrogen-bond acceptors (Lipinski definition) is 5. The number of morpholine rings is 1. The molecule has 1 N–H and O–H groups in total. The second kappa shape index (κ2) is 5.62. The van der Waals surface area contributed by atoms with E-state index in [1.54, 1.807) is 6.07 Å². The van der Waals surface area contributed by atoms with Gasteiger partial charge in [-0.25, -0.2) is 9.97 Å². The van der Waals surface area contributed by atoms with Crippen LogP contribution in [-0.4, -0.2) is 40.9 Å². The van der Waals surface area contributed by atoms with Crippen LogP contribution in [0.3, 0.4) is 0 Å². The van der Waals surface area contributed by atoms with Crippen LogP contribution in [0.1, 0.15) is 19.0 Å². The highest BCUT2D eigenvalue weighted by Crippen LogP contribution is 2.21. The van der Waals surface area contributed by atoms with Crippen LogP contribution in [0, 0.1) is 0 Å². The highest BCUT2D eigenvalue weighted by molar-refractivity contribution is 6.28. The van der Waals surface area contributed by atoms with Gasteiger partial charge in [0.2, 0.25) is 5.28 Å². The Hall–Kier alpha value is -0.910. The van der Waals surface area contributed by atoms with E-state index in [-0.39, 0.29) is 11.9 Å². The first kappa shape index (κ1) is 12.5. The predicted molar refractivity (Wildman–Crippen MR) is 65.2 cm³/mol. The van der Waals surface area contributed by atoms with Crippen molar-refractivity contribution in [1.29, 1.82) is 0 Å². The number of rotatable bonds is 3. The fraction of sp³-hybridized carbons (Fsp3) is 0.636. The van der Waals surface area contributed by atoms with Gasteiger partial charge in [-0.2, -0.15) is 0 Å². The lowest BCUT2D eigenvalue weighted by Crippen LogP contribution is -2.45. The van der Waals surface area contributed by atoms with Gasteiger partial charge >= 0.3 is 0 Å². The van der Waals surface area contributed by atoms with Crippen molar-refractivity contribution in [3.05, 3.63) is 17.0 Å². The minimum atomic E-state index is -0.129. The van der Waals surface area contributed by atoms with Crippen LogP contribution in [0.2, 0.25) is 5.28 Å². The van der Waals surface area contributed by atoms with Crippen molar-refractivity contribution in [3.63, 3.8) is 0 Å². The quantitative estimate of drug-likeness (QED) is 0.826. The average molecular weight is 258 g/mol. The third-order valence-corrected chi connectivity index (χ3v) is 3.06. The molecule has 2 heterocycles. The van der Waals surface area contributed by atoms with Crippen LogP contribution < -0.4 is 4.90 Å². The van der Waals surface area contributed by atoms with E-state index in [0.29, 0.717) is 24.9 Å². The molecular weight excluding hydrogens is 242 g/mol. The summed E-state index contributed by atoms with van der Waals surface area (Å²) in [4.78, 5) is 10.3. The Kier molecular flexibility index (Phi) is 4.15. The topological polar surface area (TPSA) is 58.5 Å². The molecule has 0 aromatic carbocycles. The Morgan fingerprint density at radius 1 is 1.59 bits per heavy atom. The van der Waals surface area contributed by atoms with Gasteiger partial charge in [0.05, 0.1) is 31.6 Å². The minimum absolute atomic E-state index is 0.129. The molecule has 1 aliphatic rings. The molecule has 0 saturated carbocycles. The van der Waals surface area contributed by atoms with Crippen LogP contribution in [0.5, 0.6) is 0 Å². The molecule has 6 heteroatoms.